The first-order valence-electron chi connectivity index (χ1n) is 10.1. The molecule has 0 bridgehead atoms. The van der Waals surface area contributed by atoms with E-state index in [1.165, 1.54) is 9.25 Å². The van der Waals surface area contributed by atoms with Crippen LogP contribution in [0.1, 0.15) is 37.7 Å². The fourth-order valence-corrected chi connectivity index (χ4v) is 3.28. The van der Waals surface area contributed by atoms with Crippen molar-refractivity contribution in [1.82, 2.24) is 14.3 Å². The molecule has 1 aromatic heterocycles. The largest absolute Gasteiger partial charge is 0.463 e. The van der Waals surface area contributed by atoms with Crippen molar-refractivity contribution >= 4 is 11.8 Å². The number of ether oxygens (including phenoxy) is 1. The van der Waals surface area contributed by atoms with Gasteiger partial charge in [0.2, 0.25) is 0 Å². The minimum atomic E-state index is -0.297. The predicted octanol–water partition coefficient (Wildman–Crippen LogP) is 2.75. The molecule has 0 aliphatic carbocycles. The van der Waals surface area contributed by atoms with Gasteiger partial charge in [-0.15, -0.1) is 5.10 Å². The second-order valence-electron chi connectivity index (χ2n) is 7.79. The monoisotopic (exact) mass is 421 g/mol. The SMILES string of the molecule is Cc1nn(-c2ccc(C(=N)N)cc2)c(=O)n1-c1ccc(CC(C)C(=O)OC(C)C)cc1. The molecule has 1 unspecified atom stereocenters. The number of aromatic nitrogens is 3. The van der Waals surface area contributed by atoms with Crippen LogP contribution in [0.25, 0.3) is 11.4 Å². The van der Waals surface area contributed by atoms with Crippen LogP contribution in [0.4, 0.5) is 0 Å². The Hall–Kier alpha value is -3.68. The molecule has 3 N–H and O–H groups in total. The summed E-state index contributed by atoms with van der Waals surface area (Å²) in [6.07, 6.45) is 0.420. The maximum absolute atomic E-state index is 13.0. The Balaban J connectivity index is 1.83. The highest BCUT2D eigenvalue weighted by Gasteiger charge is 2.17. The van der Waals surface area contributed by atoms with Gasteiger partial charge in [0.15, 0.2) is 0 Å². The van der Waals surface area contributed by atoms with Crippen molar-refractivity contribution in [3.8, 4) is 11.4 Å². The lowest BCUT2D eigenvalue weighted by Gasteiger charge is -2.14. The van der Waals surface area contributed by atoms with Crippen LogP contribution in [-0.2, 0) is 16.0 Å². The van der Waals surface area contributed by atoms with E-state index >= 15 is 0 Å². The Kier molecular flexibility index (Phi) is 6.39. The number of hydrogen-bond donors (Lipinski definition) is 2. The van der Waals surface area contributed by atoms with E-state index in [2.05, 4.69) is 5.10 Å². The zero-order chi connectivity index (χ0) is 22.7. The molecule has 0 saturated heterocycles. The second kappa shape index (κ2) is 8.99. The van der Waals surface area contributed by atoms with E-state index in [9.17, 15) is 9.59 Å². The number of carbonyl (C=O) groups excluding carboxylic acids is 1. The molecule has 0 spiro atoms. The van der Waals surface area contributed by atoms with Crippen LogP contribution in [0.2, 0.25) is 0 Å². The number of aryl methyl sites for hydroxylation is 1. The van der Waals surface area contributed by atoms with Gasteiger partial charge in [-0.3, -0.25) is 10.2 Å². The zero-order valence-electron chi connectivity index (χ0n) is 18.1. The van der Waals surface area contributed by atoms with Gasteiger partial charge >= 0.3 is 11.7 Å². The Bertz CT molecular complexity index is 1140. The lowest BCUT2D eigenvalue weighted by molar-refractivity contribution is -0.151. The first-order valence-corrected chi connectivity index (χ1v) is 10.1. The van der Waals surface area contributed by atoms with Crippen LogP contribution < -0.4 is 11.4 Å². The maximum atomic E-state index is 13.0. The van der Waals surface area contributed by atoms with E-state index in [-0.39, 0.29) is 29.5 Å². The van der Waals surface area contributed by atoms with Crippen LogP contribution in [0.5, 0.6) is 0 Å². The van der Waals surface area contributed by atoms with Crippen molar-refractivity contribution in [3.63, 3.8) is 0 Å². The number of amidine groups is 1. The van der Waals surface area contributed by atoms with Gasteiger partial charge in [-0.25, -0.2) is 9.36 Å². The third-order valence-electron chi connectivity index (χ3n) is 4.85. The van der Waals surface area contributed by atoms with Crippen LogP contribution >= 0.6 is 0 Å². The molecule has 162 valence electrons. The first kappa shape index (κ1) is 22.0. The molecule has 31 heavy (non-hydrogen) atoms. The van der Waals surface area contributed by atoms with E-state index < -0.39 is 0 Å². The maximum Gasteiger partial charge on any atom is 0.355 e. The predicted molar refractivity (Wildman–Crippen MR) is 119 cm³/mol. The molecule has 2 aromatic carbocycles. The van der Waals surface area contributed by atoms with E-state index in [1.807, 2.05) is 45.0 Å². The number of nitrogen functional groups attached to an aromatic ring is 1. The fraction of sp³-hybridized carbons (Fsp3) is 0.304. The number of nitrogens with zero attached hydrogens (tertiary/aromatic N) is 3. The number of nitrogens with one attached hydrogen (secondary N) is 1. The molecule has 0 aliphatic heterocycles. The molecule has 1 atom stereocenters. The summed E-state index contributed by atoms with van der Waals surface area (Å²) in [6.45, 7) is 7.27. The average Bonchev–Trinajstić information content (AvgIpc) is 3.02. The van der Waals surface area contributed by atoms with Crippen LogP contribution in [0.3, 0.4) is 0 Å². The summed E-state index contributed by atoms with van der Waals surface area (Å²) in [7, 11) is 0. The highest BCUT2D eigenvalue weighted by molar-refractivity contribution is 5.95. The van der Waals surface area contributed by atoms with Gasteiger partial charge in [-0.05, 0) is 69.2 Å². The molecule has 8 nitrogen and oxygen atoms in total. The Morgan fingerprint density at radius 1 is 1.06 bits per heavy atom. The summed E-state index contributed by atoms with van der Waals surface area (Å²) < 4.78 is 8.10. The van der Waals surface area contributed by atoms with E-state index in [4.69, 9.17) is 15.9 Å². The molecular weight excluding hydrogens is 394 g/mol. The lowest BCUT2D eigenvalue weighted by atomic mass is 10.0. The molecule has 8 heteroatoms. The molecule has 0 saturated carbocycles. The van der Waals surface area contributed by atoms with Crippen molar-refractivity contribution in [1.29, 1.82) is 5.41 Å². The standard InChI is InChI=1S/C23H27N5O3/c1-14(2)31-22(29)15(3)13-17-5-9-19(10-6-17)27-16(4)26-28(23(27)30)20-11-7-18(8-12-20)21(24)25/h5-12,14-15H,13H2,1-4H3,(H3,24,25). The number of hydrogen-bond acceptors (Lipinski definition) is 5. The van der Waals surface area contributed by atoms with E-state index in [0.29, 0.717) is 29.2 Å². The third kappa shape index (κ3) is 4.91. The molecule has 0 aliphatic rings. The molecule has 1 heterocycles. The van der Waals surface area contributed by atoms with E-state index in [1.54, 1.807) is 31.2 Å². The van der Waals surface area contributed by atoms with Crippen LogP contribution in [0.15, 0.2) is 53.3 Å². The van der Waals surface area contributed by atoms with Crippen molar-refractivity contribution in [2.75, 3.05) is 0 Å². The fourth-order valence-electron chi connectivity index (χ4n) is 3.28. The number of rotatable bonds is 7. The smallest absolute Gasteiger partial charge is 0.355 e. The number of carbonyl (C=O) groups is 1. The highest BCUT2D eigenvalue weighted by Crippen LogP contribution is 2.15. The highest BCUT2D eigenvalue weighted by atomic mass is 16.5. The van der Waals surface area contributed by atoms with Gasteiger partial charge in [0, 0.05) is 5.56 Å². The van der Waals surface area contributed by atoms with Crippen molar-refractivity contribution < 1.29 is 9.53 Å². The average molecular weight is 422 g/mol. The van der Waals surface area contributed by atoms with Crippen molar-refractivity contribution in [2.24, 2.45) is 11.7 Å². The Morgan fingerprint density at radius 2 is 1.65 bits per heavy atom. The Morgan fingerprint density at radius 3 is 2.19 bits per heavy atom. The van der Waals surface area contributed by atoms with Gasteiger partial charge in [0.1, 0.15) is 11.7 Å². The quantitative estimate of drug-likeness (QED) is 0.346. The third-order valence-corrected chi connectivity index (χ3v) is 4.85. The van der Waals surface area contributed by atoms with E-state index in [0.717, 1.165) is 5.56 Å². The molecular formula is C23H27N5O3. The second-order valence-corrected chi connectivity index (χ2v) is 7.79. The first-order chi connectivity index (χ1) is 14.7. The molecule has 3 rings (SSSR count). The normalized spacial score (nSPS) is 12.0. The summed E-state index contributed by atoms with van der Waals surface area (Å²) in [5, 5.41) is 11.9. The van der Waals surface area contributed by atoms with Crippen molar-refractivity contribution in [3.05, 3.63) is 76.0 Å². The lowest BCUT2D eigenvalue weighted by Crippen LogP contribution is -2.23. The van der Waals surface area contributed by atoms with Gasteiger partial charge in [0.05, 0.1) is 23.4 Å². The van der Waals surface area contributed by atoms with Gasteiger partial charge in [-0.2, -0.15) is 4.68 Å². The van der Waals surface area contributed by atoms with Gasteiger partial charge in [0.25, 0.3) is 0 Å². The topological polar surface area (TPSA) is 116 Å². The summed E-state index contributed by atoms with van der Waals surface area (Å²) in [5.41, 5.74) is 8.03. The number of nitrogens with two attached hydrogens (primary N) is 1. The molecule has 3 aromatic rings. The zero-order valence-corrected chi connectivity index (χ0v) is 18.1. The molecule has 0 fully saturated rings. The number of benzene rings is 2. The van der Waals surface area contributed by atoms with Crippen molar-refractivity contribution in [2.45, 2.75) is 40.2 Å². The van der Waals surface area contributed by atoms with Crippen LogP contribution in [0, 0.1) is 18.3 Å². The summed E-state index contributed by atoms with van der Waals surface area (Å²) in [4.78, 5) is 25.0. The summed E-state index contributed by atoms with van der Waals surface area (Å²) in [6, 6.07) is 14.3. The summed E-state index contributed by atoms with van der Waals surface area (Å²) >= 11 is 0. The minimum Gasteiger partial charge on any atom is -0.463 e. The minimum absolute atomic E-state index is 0.0347. The van der Waals surface area contributed by atoms with Gasteiger partial charge < -0.3 is 10.5 Å². The molecule has 0 amide bonds. The number of esters is 1. The Labute approximate surface area is 180 Å². The summed E-state index contributed by atoms with van der Waals surface area (Å²) in [5.74, 6) is 0.0383. The van der Waals surface area contributed by atoms with Gasteiger partial charge in [-0.1, -0.05) is 19.1 Å². The van der Waals surface area contributed by atoms with Crippen LogP contribution in [-0.4, -0.2) is 32.3 Å². The molecule has 0 radical (unpaired) electrons.